The molecule has 5 heteroatoms. The highest BCUT2D eigenvalue weighted by Gasteiger charge is 2.23. The molecule has 1 aromatic rings. The Kier molecular flexibility index (Phi) is 5.17. The number of carbonyl (C=O) groups is 1. The predicted molar refractivity (Wildman–Crippen MR) is 86.0 cm³/mol. The molecule has 2 rings (SSSR count). The second-order valence-corrected chi connectivity index (χ2v) is 6.37. The molecule has 0 aliphatic carbocycles. The molecule has 0 aromatic heterocycles. The average molecular weight is 315 g/mol. The second kappa shape index (κ2) is 6.68. The number of hydrogen-bond donors (Lipinski definition) is 1. The van der Waals surface area contributed by atoms with Crippen LogP contribution in [-0.4, -0.2) is 24.9 Å². The smallest absolute Gasteiger partial charge is 0.239 e. The van der Waals surface area contributed by atoms with Gasteiger partial charge in [0.05, 0.1) is 10.7 Å². The molecule has 0 radical (unpaired) electrons. The van der Waals surface area contributed by atoms with Gasteiger partial charge in [0.15, 0.2) is 0 Å². The SMILES string of the molecule is C[C@H]1C[C@H](C)CN(c2ccc(NC(=O)CCl)cc2Cl)C1. The molecule has 20 heavy (non-hydrogen) atoms. The maximum absolute atomic E-state index is 11.3. The molecule has 1 N–H and O–H groups in total. The van der Waals surface area contributed by atoms with E-state index < -0.39 is 0 Å². The van der Waals surface area contributed by atoms with Crippen molar-refractivity contribution < 1.29 is 4.79 Å². The monoisotopic (exact) mass is 314 g/mol. The van der Waals surface area contributed by atoms with Crippen molar-refractivity contribution in [1.29, 1.82) is 0 Å². The summed E-state index contributed by atoms with van der Waals surface area (Å²) in [6, 6.07) is 5.62. The molecule has 1 fully saturated rings. The highest BCUT2D eigenvalue weighted by atomic mass is 35.5. The Balaban J connectivity index is 2.15. The summed E-state index contributed by atoms with van der Waals surface area (Å²) in [6.45, 7) is 6.59. The minimum absolute atomic E-state index is 0.0550. The molecule has 1 heterocycles. The Hall–Kier alpha value is -0.930. The lowest BCUT2D eigenvalue weighted by atomic mass is 9.91. The summed E-state index contributed by atoms with van der Waals surface area (Å²) in [5, 5.41) is 3.37. The normalized spacial score (nSPS) is 22.7. The largest absolute Gasteiger partial charge is 0.370 e. The molecule has 110 valence electrons. The van der Waals surface area contributed by atoms with Crippen LogP contribution in [0.4, 0.5) is 11.4 Å². The van der Waals surface area contributed by atoms with Crippen LogP contribution in [0.15, 0.2) is 18.2 Å². The Morgan fingerprint density at radius 1 is 1.35 bits per heavy atom. The number of amides is 1. The van der Waals surface area contributed by atoms with Gasteiger partial charge in [-0.25, -0.2) is 0 Å². The van der Waals surface area contributed by atoms with Gasteiger partial charge >= 0.3 is 0 Å². The number of nitrogens with one attached hydrogen (secondary N) is 1. The van der Waals surface area contributed by atoms with Crippen molar-refractivity contribution in [3.63, 3.8) is 0 Å². The topological polar surface area (TPSA) is 32.3 Å². The Morgan fingerprint density at radius 3 is 2.55 bits per heavy atom. The standard InChI is InChI=1S/C15H20Cl2N2O/c1-10-5-11(2)9-19(8-10)14-4-3-12(6-13(14)17)18-15(20)7-16/h3-4,6,10-11H,5,7-9H2,1-2H3,(H,18,20)/t10-,11-/m0/s1. The fraction of sp³-hybridized carbons (Fsp3) is 0.533. The van der Waals surface area contributed by atoms with Gasteiger partial charge in [0.2, 0.25) is 5.91 Å². The summed E-state index contributed by atoms with van der Waals surface area (Å²) in [6.07, 6.45) is 1.26. The summed E-state index contributed by atoms with van der Waals surface area (Å²) in [5.74, 6) is 1.06. The zero-order valence-corrected chi connectivity index (χ0v) is 13.3. The van der Waals surface area contributed by atoms with Gasteiger partial charge < -0.3 is 10.2 Å². The molecule has 2 atom stereocenters. The van der Waals surface area contributed by atoms with E-state index in [0.717, 1.165) is 18.8 Å². The summed E-state index contributed by atoms with van der Waals surface area (Å²) in [4.78, 5) is 13.6. The van der Waals surface area contributed by atoms with Crippen molar-refractivity contribution in [2.75, 3.05) is 29.2 Å². The molecule has 0 bridgehead atoms. The first-order valence-corrected chi connectivity index (χ1v) is 7.81. The third kappa shape index (κ3) is 3.80. The molecular formula is C15H20Cl2N2O. The van der Waals surface area contributed by atoms with Crippen LogP contribution in [0.5, 0.6) is 0 Å². The van der Waals surface area contributed by atoms with Crippen LogP contribution >= 0.6 is 23.2 Å². The summed E-state index contributed by atoms with van der Waals surface area (Å²) in [5.41, 5.74) is 1.72. The second-order valence-electron chi connectivity index (χ2n) is 5.70. The van der Waals surface area contributed by atoms with Crippen LogP contribution < -0.4 is 10.2 Å². The van der Waals surface area contributed by atoms with Crippen molar-refractivity contribution in [1.82, 2.24) is 0 Å². The van der Waals surface area contributed by atoms with E-state index in [9.17, 15) is 4.79 Å². The lowest BCUT2D eigenvalue weighted by molar-refractivity contribution is -0.113. The van der Waals surface area contributed by atoms with Crippen molar-refractivity contribution in [3.05, 3.63) is 23.2 Å². The molecule has 1 amide bonds. The maximum Gasteiger partial charge on any atom is 0.239 e. The highest BCUT2D eigenvalue weighted by molar-refractivity contribution is 6.33. The van der Waals surface area contributed by atoms with Crippen LogP contribution in [0.3, 0.4) is 0 Å². The molecule has 1 saturated heterocycles. The number of hydrogen-bond acceptors (Lipinski definition) is 2. The number of carbonyl (C=O) groups excluding carboxylic acids is 1. The van der Waals surface area contributed by atoms with Gasteiger partial charge in [-0.1, -0.05) is 25.4 Å². The molecule has 0 saturated carbocycles. The maximum atomic E-state index is 11.3. The van der Waals surface area contributed by atoms with Crippen LogP contribution in [0.25, 0.3) is 0 Å². The first kappa shape index (κ1) is 15.5. The molecular weight excluding hydrogens is 295 g/mol. The number of rotatable bonds is 3. The third-order valence-corrected chi connectivity index (χ3v) is 4.11. The molecule has 3 nitrogen and oxygen atoms in total. The van der Waals surface area contributed by atoms with E-state index in [1.54, 1.807) is 6.07 Å². The van der Waals surface area contributed by atoms with Gasteiger partial charge in [0.25, 0.3) is 0 Å². The van der Waals surface area contributed by atoms with E-state index in [4.69, 9.17) is 23.2 Å². The Bertz CT molecular complexity index is 483. The molecule has 1 aliphatic rings. The molecule has 1 aromatic carbocycles. The van der Waals surface area contributed by atoms with E-state index in [2.05, 4.69) is 24.1 Å². The van der Waals surface area contributed by atoms with Gasteiger partial charge in [-0.05, 0) is 36.5 Å². The highest BCUT2D eigenvalue weighted by Crippen LogP contribution is 2.33. The van der Waals surface area contributed by atoms with Crippen LogP contribution in [-0.2, 0) is 4.79 Å². The predicted octanol–water partition coefficient (Wildman–Crippen LogP) is 4.00. The average Bonchev–Trinajstić information content (AvgIpc) is 2.37. The number of benzene rings is 1. The zero-order valence-electron chi connectivity index (χ0n) is 11.8. The van der Waals surface area contributed by atoms with E-state index >= 15 is 0 Å². The van der Waals surface area contributed by atoms with Crippen molar-refractivity contribution >= 4 is 40.5 Å². The van der Waals surface area contributed by atoms with Crippen molar-refractivity contribution in [2.45, 2.75) is 20.3 Å². The van der Waals surface area contributed by atoms with E-state index in [0.29, 0.717) is 22.5 Å². The number of nitrogens with zero attached hydrogens (tertiary/aromatic N) is 1. The van der Waals surface area contributed by atoms with Gasteiger partial charge in [0.1, 0.15) is 5.88 Å². The van der Waals surface area contributed by atoms with Gasteiger partial charge in [-0.2, -0.15) is 0 Å². The third-order valence-electron chi connectivity index (χ3n) is 3.56. The fourth-order valence-corrected chi connectivity index (χ4v) is 3.26. The minimum Gasteiger partial charge on any atom is -0.370 e. The summed E-state index contributed by atoms with van der Waals surface area (Å²) in [7, 11) is 0. The molecule has 1 aliphatic heterocycles. The Labute approximate surface area is 130 Å². The van der Waals surface area contributed by atoms with Crippen molar-refractivity contribution in [3.8, 4) is 0 Å². The number of alkyl halides is 1. The summed E-state index contributed by atoms with van der Waals surface area (Å²) < 4.78 is 0. The van der Waals surface area contributed by atoms with Gasteiger partial charge in [-0.15, -0.1) is 11.6 Å². The number of anilines is 2. The van der Waals surface area contributed by atoms with Crippen LogP contribution in [0.1, 0.15) is 20.3 Å². The van der Waals surface area contributed by atoms with Crippen LogP contribution in [0, 0.1) is 11.8 Å². The van der Waals surface area contributed by atoms with E-state index in [1.807, 2.05) is 12.1 Å². The molecule has 0 unspecified atom stereocenters. The Morgan fingerprint density at radius 2 is 2.00 bits per heavy atom. The zero-order chi connectivity index (χ0) is 14.7. The van der Waals surface area contributed by atoms with Crippen LogP contribution in [0.2, 0.25) is 5.02 Å². The molecule has 0 spiro atoms. The van der Waals surface area contributed by atoms with E-state index in [-0.39, 0.29) is 11.8 Å². The fourth-order valence-electron chi connectivity index (χ4n) is 2.90. The van der Waals surface area contributed by atoms with Crippen molar-refractivity contribution in [2.24, 2.45) is 11.8 Å². The number of piperidine rings is 1. The first-order chi connectivity index (χ1) is 9.49. The first-order valence-electron chi connectivity index (χ1n) is 6.90. The quantitative estimate of drug-likeness (QED) is 0.855. The number of halogens is 2. The lowest BCUT2D eigenvalue weighted by Crippen LogP contribution is -2.38. The minimum atomic E-state index is -0.226. The summed E-state index contributed by atoms with van der Waals surface area (Å²) >= 11 is 11.8. The van der Waals surface area contributed by atoms with Gasteiger partial charge in [0, 0.05) is 18.8 Å². The lowest BCUT2D eigenvalue weighted by Gasteiger charge is -2.37. The van der Waals surface area contributed by atoms with Gasteiger partial charge in [-0.3, -0.25) is 4.79 Å². The van der Waals surface area contributed by atoms with E-state index in [1.165, 1.54) is 6.42 Å².